The van der Waals surface area contributed by atoms with Crippen molar-refractivity contribution in [1.82, 2.24) is 14.9 Å². The molecular formula is C24H29FN6S. The van der Waals surface area contributed by atoms with Crippen molar-refractivity contribution in [2.45, 2.75) is 19.5 Å². The minimum Gasteiger partial charge on any atom is -0.366 e. The third-order valence-electron chi connectivity index (χ3n) is 6.24. The van der Waals surface area contributed by atoms with Gasteiger partial charge in [-0.05, 0) is 23.6 Å². The first kappa shape index (κ1) is 21.2. The van der Waals surface area contributed by atoms with Gasteiger partial charge < -0.3 is 14.7 Å². The van der Waals surface area contributed by atoms with Gasteiger partial charge in [-0.1, -0.05) is 18.2 Å². The molecule has 0 spiro atoms. The minimum absolute atomic E-state index is 0.159. The van der Waals surface area contributed by atoms with Crippen LogP contribution in [0.2, 0.25) is 0 Å². The van der Waals surface area contributed by atoms with Gasteiger partial charge in [0.2, 0.25) is 5.95 Å². The maximum atomic E-state index is 14.2. The van der Waals surface area contributed by atoms with Crippen LogP contribution in [0, 0.1) is 5.82 Å². The quantitative estimate of drug-likeness (QED) is 0.589. The number of thiophene rings is 1. The van der Waals surface area contributed by atoms with Gasteiger partial charge >= 0.3 is 0 Å². The molecule has 1 aromatic carbocycles. The van der Waals surface area contributed by atoms with Crippen LogP contribution in [0.15, 0.2) is 41.8 Å². The number of halogens is 1. The standard InChI is InChI=1S/C24H29FN6S/c1-28(2)23-19-17-29(16-18-6-5-15-32-18)10-9-21(19)26-24(27-23)31-13-11-30(12-14-31)22-8-4-3-7-20(22)25/h3-8,15H,9-14,16-17H2,1-2H3. The number of benzene rings is 1. The first-order valence-electron chi connectivity index (χ1n) is 11.1. The van der Waals surface area contributed by atoms with E-state index in [0.717, 1.165) is 69.7 Å². The smallest absolute Gasteiger partial charge is 0.227 e. The van der Waals surface area contributed by atoms with Crippen LogP contribution in [0.5, 0.6) is 0 Å². The van der Waals surface area contributed by atoms with E-state index in [1.165, 1.54) is 16.5 Å². The molecule has 2 aromatic heterocycles. The van der Waals surface area contributed by atoms with Crippen LogP contribution >= 0.6 is 11.3 Å². The zero-order valence-corrected chi connectivity index (χ0v) is 19.5. The van der Waals surface area contributed by atoms with E-state index in [1.54, 1.807) is 6.07 Å². The molecule has 1 fully saturated rings. The van der Waals surface area contributed by atoms with Crippen molar-refractivity contribution in [3.05, 3.63) is 63.7 Å². The molecule has 0 saturated carbocycles. The minimum atomic E-state index is -0.159. The summed E-state index contributed by atoms with van der Waals surface area (Å²) in [6.45, 7) is 5.94. The summed E-state index contributed by atoms with van der Waals surface area (Å²) < 4.78 is 14.2. The number of hydrogen-bond acceptors (Lipinski definition) is 7. The third kappa shape index (κ3) is 4.29. The highest BCUT2D eigenvalue weighted by atomic mass is 32.1. The number of aromatic nitrogens is 2. The second-order valence-electron chi connectivity index (χ2n) is 8.63. The first-order valence-corrected chi connectivity index (χ1v) is 12.0. The lowest BCUT2D eigenvalue weighted by molar-refractivity contribution is 0.245. The SMILES string of the molecule is CN(C)c1nc(N2CCN(c3ccccc3F)CC2)nc2c1CN(Cc1cccs1)CC2. The second-order valence-corrected chi connectivity index (χ2v) is 9.66. The molecule has 2 aliphatic heterocycles. The van der Waals surface area contributed by atoms with Gasteiger partial charge in [-0.25, -0.2) is 9.37 Å². The Morgan fingerprint density at radius 3 is 2.47 bits per heavy atom. The van der Waals surface area contributed by atoms with Gasteiger partial charge in [-0.2, -0.15) is 4.98 Å². The summed E-state index contributed by atoms with van der Waals surface area (Å²) >= 11 is 1.81. The Morgan fingerprint density at radius 1 is 0.969 bits per heavy atom. The molecule has 0 N–H and O–H groups in total. The normalized spacial score (nSPS) is 16.8. The van der Waals surface area contributed by atoms with Crippen LogP contribution < -0.4 is 14.7 Å². The molecule has 0 atom stereocenters. The van der Waals surface area contributed by atoms with Gasteiger partial charge in [-0.15, -0.1) is 11.3 Å². The van der Waals surface area contributed by atoms with E-state index in [9.17, 15) is 4.39 Å². The number of anilines is 3. The highest BCUT2D eigenvalue weighted by Crippen LogP contribution is 2.30. The number of para-hydroxylation sites is 1. The Kier molecular flexibility index (Phi) is 5.97. The molecule has 0 aliphatic carbocycles. The third-order valence-corrected chi connectivity index (χ3v) is 7.11. The van der Waals surface area contributed by atoms with Crippen LogP contribution in [0.4, 0.5) is 21.8 Å². The summed E-state index contributed by atoms with van der Waals surface area (Å²) in [6, 6.07) is 11.3. The van der Waals surface area contributed by atoms with Crippen LogP contribution in [-0.2, 0) is 19.5 Å². The molecule has 2 aliphatic rings. The molecule has 168 valence electrons. The molecule has 32 heavy (non-hydrogen) atoms. The first-order chi connectivity index (χ1) is 15.6. The van der Waals surface area contributed by atoms with Crippen LogP contribution in [0.3, 0.4) is 0 Å². The zero-order chi connectivity index (χ0) is 22.1. The molecule has 3 aromatic rings. The van der Waals surface area contributed by atoms with E-state index >= 15 is 0 Å². The molecule has 0 bridgehead atoms. The van der Waals surface area contributed by atoms with Crippen molar-refractivity contribution in [2.24, 2.45) is 0 Å². The van der Waals surface area contributed by atoms with Crippen LogP contribution in [0.25, 0.3) is 0 Å². The van der Waals surface area contributed by atoms with Crippen molar-refractivity contribution in [2.75, 3.05) is 61.5 Å². The molecule has 1 saturated heterocycles. The fourth-order valence-electron chi connectivity index (χ4n) is 4.56. The van der Waals surface area contributed by atoms with Gasteiger partial charge in [0, 0.05) is 76.8 Å². The largest absolute Gasteiger partial charge is 0.366 e. The Balaban J connectivity index is 1.33. The lowest BCUT2D eigenvalue weighted by atomic mass is 10.1. The van der Waals surface area contributed by atoms with E-state index in [2.05, 4.69) is 51.2 Å². The van der Waals surface area contributed by atoms with E-state index in [4.69, 9.17) is 9.97 Å². The van der Waals surface area contributed by atoms with E-state index in [0.29, 0.717) is 5.69 Å². The summed E-state index contributed by atoms with van der Waals surface area (Å²) in [5, 5.41) is 2.14. The highest BCUT2D eigenvalue weighted by molar-refractivity contribution is 7.09. The number of rotatable bonds is 5. The van der Waals surface area contributed by atoms with Gasteiger partial charge in [0.1, 0.15) is 11.6 Å². The predicted molar refractivity (Wildman–Crippen MR) is 129 cm³/mol. The van der Waals surface area contributed by atoms with Crippen molar-refractivity contribution < 1.29 is 4.39 Å². The van der Waals surface area contributed by atoms with Crippen LogP contribution in [-0.4, -0.2) is 61.7 Å². The van der Waals surface area contributed by atoms with Crippen molar-refractivity contribution in [1.29, 1.82) is 0 Å². The highest BCUT2D eigenvalue weighted by Gasteiger charge is 2.27. The van der Waals surface area contributed by atoms with Crippen molar-refractivity contribution >= 4 is 28.8 Å². The average Bonchev–Trinajstić information content (AvgIpc) is 3.32. The lowest BCUT2D eigenvalue weighted by Gasteiger charge is -2.37. The summed E-state index contributed by atoms with van der Waals surface area (Å²) in [6.07, 6.45) is 0.937. The van der Waals surface area contributed by atoms with Gasteiger partial charge in [-0.3, -0.25) is 4.90 Å². The topological polar surface area (TPSA) is 38.7 Å². The molecule has 0 unspecified atom stereocenters. The number of hydrogen-bond donors (Lipinski definition) is 0. The molecule has 8 heteroatoms. The van der Waals surface area contributed by atoms with Crippen molar-refractivity contribution in [3.8, 4) is 0 Å². The van der Waals surface area contributed by atoms with Crippen LogP contribution in [0.1, 0.15) is 16.1 Å². The molecule has 0 amide bonds. The maximum Gasteiger partial charge on any atom is 0.227 e. The summed E-state index contributed by atoms with van der Waals surface area (Å²) in [5.41, 5.74) is 3.09. The molecule has 4 heterocycles. The van der Waals surface area contributed by atoms with Gasteiger partial charge in [0.25, 0.3) is 0 Å². The second kappa shape index (κ2) is 9.03. The van der Waals surface area contributed by atoms with E-state index < -0.39 is 0 Å². The van der Waals surface area contributed by atoms with E-state index in [1.807, 2.05) is 23.5 Å². The number of fused-ring (bicyclic) bond motifs is 1. The lowest BCUT2D eigenvalue weighted by Crippen LogP contribution is -2.47. The van der Waals surface area contributed by atoms with Gasteiger partial charge in [0.05, 0.1) is 11.4 Å². The van der Waals surface area contributed by atoms with Crippen molar-refractivity contribution in [3.63, 3.8) is 0 Å². The zero-order valence-electron chi connectivity index (χ0n) is 18.7. The summed E-state index contributed by atoms with van der Waals surface area (Å²) in [4.78, 5) is 20.3. The Labute approximate surface area is 192 Å². The average molecular weight is 453 g/mol. The monoisotopic (exact) mass is 452 g/mol. The molecule has 0 radical (unpaired) electrons. The number of piperazine rings is 1. The van der Waals surface area contributed by atoms with E-state index in [-0.39, 0.29) is 5.82 Å². The fraction of sp³-hybridized carbons (Fsp3) is 0.417. The molecule has 6 nitrogen and oxygen atoms in total. The maximum absolute atomic E-state index is 14.2. The Bertz CT molecular complexity index is 1060. The molecule has 5 rings (SSSR count). The Morgan fingerprint density at radius 2 is 1.75 bits per heavy atom. The predicted octanol–water partition coefficient (Wildman–Crippen LogP) is 3.63. The molecular weight excluding hydrogens is 423 g/mol. The summed E-state index contributed by atoms with van der Waals surface area (Å²) in [5.74, 6) is 1.65. The van der Waals surface area contributed by atoms with Gasteiger partial charge in [0.15, 0.2) is 0 Å². The number of nitrogens with zero attached hydrogens (tertiary/aromatic N) is 6. The summed E-state index contributed by atoms with van der Waals surface area (Å²) in [7, 11) is 4.11. The fourth-order valence-corrected chi connectivity index (χ4v) is 5.31. The Hall–Kier alpha value is -2.71.